The number of nitrogens with zero attached hydrogens (tertiary/aromatic N) is 3. The van der Waals surface area contributed by atoms with Gasteiger partial charge in [-0.15, -0.1) is 10.2 Å². The molecule has 0 aliphatic carbocycles. The standard InChI is InChI=1S/C18H16F2N4O3S/c1-26-14-7-5-13(6-8-14)24-11-21-23-18(24)28-10-16(25)22-12-3-2-4-15(9-12)27-17(19)20/h2-9,11,17H,10H2,1H3,(H,22,25). The Morgan fingerprint density at radius 1 is 1.21 bits per heavy atom. The number of nitrogens with one attached hydrogen (secondary N) is 1. The number of carbonyl (C=O) groups is 1. The second-order valence-corrected chi connectivity index (χ2v) is 6.37. The van der Waals surface area contributed by atoms with Gasteiger partial charge < -0.3 is 14.8 Å². The molecule has 0 fully saturated rings. The third-order valence-corrected chi connectivity index (χ3v) is 4.49. The molecule has 3 rings (SSSR count). The lowest BCUT2D eigenvalue weighted by atomic mass is 10.3. The Balaban J connectivity index is 1.60. The van der Waals surface area contributed by atoms with Crippen LogP contribution in [0.2, 0.25) is 0 Å². The van der Waals surface area contributed by atoms with E-state index in [0.29, 0.717) is 10.8 Å². The van der Waals surface area contributed by atoms with Crippen molar-refractivity contribution in [1.82, 2.24) is 14.8 Å². The van der Waals surface area contributed by atoms with E-state index in [4.69, 9.17) is 4.74 Å². The van der Waals surface area contributed by atoms with Gasteiger partial charge in [-0.3, -0.25) is 9.36 Å². The lowest BCUT2D eigenvalue weighted by Crippen LogP contribution is -2.14. The van der Waals surface area contributed by atoms with Gasteiger partial charge in [-0.2, -0.15) is 8.78 Å². The predicted octanol–water partition coefficient (Wildman–Crippen LogP) is 3.61. The maximum absolute atomic E-state index is 12.3. The van der Waals surface area contributed by atoms with Gasteiger partial charge in [-0.05, 0) is 36.4 Å². The van der Waals surface area contributed by atoms with Crippen LogP contribution in [-0.4, -0.2) is 40.1 Å². The number of carbonyl (C=O) groups excluding carboxylic acids is 1. The summed E-state index contributed by atoms with van der Waals surface area (Å²) in [5.74, 6) is 0.445. The zero-order valence-electron chi connectivity index (χ0n) is 14.7. The normalized spacial score (nSPS) is 10.7. The average Bonchev–Trinajstić information content (AvgIpc) is 3.15. The highest BCUT2D eigenvalue weighted by Gasteiger charge is 2.11. The molecule has 0 saturated heterocycles. The molecule has 1 aromatic heterocycles. The van der Waals surface area contributed by atoms with Crippen LogP contribution in [-0.2, 0) is 4.79 Å². The number of hydrogen-bond acceptors (Lipinski definition) is 6. The van der Waals surface area contributed by atoms with Crippen LogP contribution in [0, 0.1) is 0 Å². The monoisotopic (exact) mass is 406 g/mol. The van der Waals surface area contributed by atoms with Gasteiger partial charge in [-0.25, -0.2) is 0 Å². The molecule has 1 heterocycles. The van der Waals surface area contributed by atoms with Gasteiger partial charge in [0.05, 0.1) is 12.9 Å². The minimum Gasteiger partial charge on any atom is -0.497 e. The van der Waals surface area contributed by atoms with Crippen molar-refractivity contribution in [3.05, 3.63) is 54.9 Å². The van der Waals surface area contributed by atoms with Gasteiger partial charge in [0, 0.05) is 17.4 Å². The number of anilines is 1. The van der Waals surface area contributed by atoms with E-state index in [1.165, 1.54) is 30.0 Å². The topological polar surface area (TPSA) is 78.3 Å². The summed E-state index contributed by atoms with van der Waals surface area (Å²) in [5.41, 5.74) is 1.19. The van der Waals surface area contributed by atoms with Crippen LogP contribution in [0.5, 0.6) is 11.5 Å². The maximum atomic E-state index is 12.3. The van der Waals surface area contributed by atoms with E-state index >= 15 is 0 Å². The van der Waals surface area contributed by atoms with E-state index in [1.54, 1.807) is 24.1 Å². The molecule has 1 N–H and O–H groups in total. The Morgan fingerprint density at radius 3 is 2.71 bits per heavy atom. The number of benzene rings is 2. The van der Waals surface area contributed by atoms with Crippen molar-refractivity contribution in [2.24, 2.45) is 0 Å². The first-order chi connectivity index (χ1) is 13.5. The summed E-state index contributed by atoms with van der Waals surface area (Å²) in [4.78, 5) is 12.2. The van der Waals surface area contributed by atoms with Gasteiger partial charge in [0.15, 0.2) is 5.16 Å². The average molecular weight is 406 g/mol. The molecule has 1 amide bonds. The molecule has 0 aliphatic heterocycles. The second-order valence-electron chi connectivity index (χ2n) is 5.42. The molecule has 0 bridgehead atoms. The van der Waals surface area contributed by atoms with Crippen LogP contribution in [0.3, 0.4) is 0 Å². The first kappa shape index (κ1) is 19.6. The summed E-state index contributed by atoms with van der Waals surface area (Å²) in [7, 11) is 1.59. The molecule has 7 nitrogen and oxygen atoms in total. The molecule has 10 heteroatoms. The smallest absolute Gasteiger partial charge is 0.387 e. The van der Waals surface area contributed by atoms with Gasteiger partial charge in [0.2, 0.25) is 5.91 Å². The first-order valence-corrected chi connectivity index (χ1v) is 9.05. The van der Waals surface area contributed by atoms with E-state index < -0.39 is 6.61 Å². The fraction of sp³-hybridized carbons (Fsp3) is 0.167. The van der Waals surface area contributed by atoms with E-state index in [-0.39, 0.29) is 17.4 Å². The van der Waals surface area contributed by atoms with E-state index in [0.717, 1.165) is 11.4 Å². The molecular formula is C18H16F2N4O3S. The first-order valence-electron chi connectivity index (χ1n) is 8.07. The molecule has 0 saturated carbocycles. The maximum Gasteiger partial charge on any atom is 0.387 e. The predicted molar refractivity (Wildman–Crippen MR) is 100 cm³/mol. The lowest BCUT2D eigenvalue weighted by Gasteiger charge is -2.09. The molecule has 146 valence electrons. The fourth-order valence-electron chi connectivity index (χ4n) is 2.32. The number of alkyl halides is 2. The van der Waals surface area contributed by atoms with Crippen LogP contribution in [0.25, 0.3) is 5.69 Å². The summed E-state index contributed by atoms with van der Waals surface area (Å²) in [6, 6.07) is 13.1. The van der Waals surface area contributed by atoms with Crippen molar-refractivity contribution < 1.29 is 23.0 Å². The van der Waals surface area contributed by atoms with Gasteiger partial charge in [-0.1, -0.05) is 17.8 Å². The van der Waals surface area contributed by atoms with Crippen LogP contribution >= 0.6 is 11.8 Å². The van der Waals surface area contributed by atoms with Gasteiger partial charge >= 0.3 is 6.61 Å². The highest BCUT2D eigenvalue weighted by atomic mass is 32.2. The van der Waals surface area contributed by atoms with E-state index in [2.05, 4.69) is 20.3 Å². The number of thioether (sulfide) groups is 1. The van der Waals surface area contributed by atoms with Crippen LogP contribution < -0.4 is 14.8 Å². The minimum atomic E-state index is -2.93. The third-order valence-electron chi connectivity index (χ3n) is 3.54. The molecule has 28 heavy (non-hydrogen) atoms. The molecule has 0 aliphatic rings. The molecular weight excluding hydrogens is 390 g/mol. The van der Waals surface area contributed by atoms with Crippen molar-refractivity contribution in [2.75, 3.05) is 18.2 Å². The molecule has 3 aromatic rings. The zero-order valence-corrected chi connectivity index (χ0v) is 15.5. The molecule has 0 spiro atoms. The van der Waals surface area contributed by atoms with Crippen LogP contribution in [0.1, 0.15) is 0 Å². The second kappa shape index (κ2) is 9.18. The number of hydrogen-bond donors (Lipinski definition) is 1. The van der Waals surface area contributed by atoms with Crippen LogP contribution in [0.4, 0.5) is 14.5 Å². The van der Waals surface area contributed by atoms with Crippen molar-refractivity contribution in [3.8, 4) is 17.2 Å². The van der Waals surface area contributed by atoms with Crippen molar-refractivity contribution in [2.45, 2.75) is 11.8 Å². The highest BCUT2D eigenvalue weighted by Crippen LogP contribution is 2.23. The Bertz CT molecular complexity index is 935. The van der Waals surface area contributed by atoms with Gasteiger partial charge in [0.25, 0.3) is 0 Å². The number of ether oxygens (including phenoxy) is 2. The van der Waals surface area contributed by atoms with Gasteiger partial charge in [0.1, 0.15) is 17.8 Å². The third kappa shape index (κ3) is 5.19. The number of methoxy groups -OCH3 is 1. The van der Waals surface area contributed by atoms with E-state index in [1.807, 2.05) is 24.3 Å². The Labute approximate surface area is 163 Å². The summed E-state index contributed by atoms with van der Waals surface area (Å²) in [6.45, 7) is -2.93. The summed E-state index contributed by atoms with van der Waals surface area (Å²) in [5, 5.41) is 11.1. The fourth-order valence-corrected chi connectivity index (χ4v) is 3.05. The Kier molecular flexibility index (Phi) is 6.43. The summed E-state index contributed by atoms with van der Waals surface area (Å²) in [6.07, 6.45) is 1.55. The summed E-state index contributed by atoms with van der Waals surface area (Å²) < 4.78 is 35.7. The number of rotatable bonds is 8. The van der Waals surface area contributed by atoms with E-state index in [9.17, 15) is 13.6 Å². The quantitative estimate of drug-likeness (QED) is 0.576. The molecule has 0 unspecified atom stereocenters. The SMILES string of the molecule is COc1ccc(-n2cnnc2SCC(=O)Nc2cccc(OC(F)F)c2)cc1. The zero-order chi connectivity index (χ0) is 19.9. The Hall–Kier alpha value is -3.14. The van der Waals surface area contributed by atoms with Crippen molar-refractivity contribution in [1.29, 1.82) is 0 Å². The molecule has 0 atom stereocenters. The number of amides is 1. The van der Waals surface area contributed by atoms with Crippen molar-refractivity contribution >= 4 is 23.4 Å². The Morgan fingerprint density at radius 2 is 2.00 bits per heavy atom. The molecule has 0 radical (unpaired) electrons. The number of halogens is 2. The summed E-state index contributed by atoms with van der Waals surface area (Å²) >= 11 is 1.20. The largest absolute Gasteiger partial charge is 0.497 e. The minimum absolute atomic E-state index is 0.0281. The van der Waals surface area contributed by atoms with Crippen molar-refractivity contribution in [3.63, 3.8) is 0 Å². The number of aromatic nitrogens is 3. The highest BCUT2D eigenvalue weighted by molar-refractivity contribution is 7.99. The lowest BCUT2D eigenvalue weighted by molar-refractivity contribution is -0.113. The molecule has 2 aromatic carbocycles. The van der Waals surface area contributed by atoms with Crippen LogP contribution in [0.15, 0.2) is 60.0 Å².